The number of rotatable bonds is 2. The Labute approximate surface area is 163 Å². The first-order chi connectivity index (χ1) is 13.2. The van der Waals surface area contributed by atoms with Crippen molar-refractivity contribution in [3.63, 3.8) is 0 Å². The van der Waals surface area contributed by atoms with Crippen LogP contribution in [0.5, 0.6) is 0 Å². The van der Waals surface area contributed by atoms with E-state index < -0.39 is 40.7 Å². The molecule has 0 aromatic heterocycles. The average Bonchev–Trinajstić information content (AvgIpc) is 2.80. The second-order valence-corrected chi connectivity index (χ2v) is 9.75. The normalized spacial score (nSPS) is 54.0. The molecule has 0 aromatic carbocycles. The van der Waals surface area contributed by atoms with Gasteiger partial charge >= 0.3 is 0 Å². The lowest BCUT2D eigenvalue weighted by Gasteiger charge is -2.67. The van der Waals surface area contributed by atoms with Crippen molar-refractivity contribution in [2.45, 2.75) is 56.9 Å². The summed E-state index contributed by atoms with van der Waals surface area (Å²) < 4.78 is 22.8. The number of Topliss-reactive ketones (excluding diaryl/α,β-unsaturated/α-hetero) is 1. The van der Waals surface area contributed by atoms with Gasteiger partial charge in [0.1, 0.15) is 12.2 Å². The van der Waals surface area contributed by atoms with E-state index in [1.165, 1.54) is 12.2 Å². The third kappa shape index (κ3) is 1.71. The predicted octanol–water partition coefficient (Wildman–Crippen LogP) is 1.91. The molecule has 5 rings (SSSR count). The number of alkyl halides is 1. The highest BCUT2D eigenvalue weighted by molar-refractivity contribution is 6.01. The van der Waals surface area contributed by atoms with Gasteiger partial charge in [0, 0.05) is 16.7 Å². The van der Waals surface area contributed by atoms with Gasteiger partial charge in [-0.2, -0.15) is 0 Å². The molecule has 1 saturated heterocycles. The van der Waals surface area contributed by atoms with Crippen molar-refractivity contribution in [1.29, 1.82) is 0 Å². The summed E-state index contributed by atoms with van der Waals surface area (Å²) in [5.41, 5.74) is -3.88. The standard InChI is InChI=1S/C22H27FO5/c1-12-7-16-15-4-3-13-8-14(25)5-6-19(13,2)21(15,23)17(26)9-20(16)11-28-22(12,20)18(27)10-24/h5-6,8,12,15-17,24,26H,3-4,7,9-11H2,1-2H3/t12-,15+,16+,17+,19+,20-,21+,22+/m1/s1. The predicted molar refractivity (Wildman–Crippen MR) is 98.0 cm³/mol. The van der Waals surface area contributed by atoms with E-state index in [-0.39, 0.29) is 29.8 Å². The van der Waals surface area contributed by atoms with Crippen LogP contribution < -0.4 is 0 Å². The van der Waals surface area contributed by atoms with Crippen LogP contribution in [0.4, 0.5) is 4.39 Å². The van der Waals surface area contributed by atoms with Crippen molar-refractivity contribution in [2.24, 2.45) is 28.6 Å². The number of carbonyl (C=O) groups is 2. The maximum absolute atomic E-state index is 16.9. The third-order valence-electron chi connectivity index (χ3n) is 9.02. The maximum Gasteiger partial charge on any atom is 0.190 e. The van der Waals surface area contributed by atoms with Crippen molar-refractivity contribution < 1.29 is 28.9 Å². The van der Waals surface area contributed by atoms with E-state index in [9.17, 15) is 19.8 Å². The molecule has 2 N–H and O–H groups in total. The van der Waals surface area contributed by atoms with Crippen molar-refractivity contribution in [3.05, 3.63) is 23.8 Å². The van der Waals surface area contributed by atoms with E-state index in [1.807, 2.05) is 6.92 Å². The second-order valence-electron chi connectivity index (χ2n) is 9.75. The monoisotopic (exact) mass is 390 g/mol. The van der Waals surface area contributed by atoms with Crippen LogP contribution in [-0.2, 0) is 14.3 Å². The second kappa shape index (κ2) is 5.41. The molecule has 28 heavy (non-hydrogen) atoms. The van der Waals surface area contributed by atoms with Crippen molar-refractivity contribution in [3.8, 4) is 0 Å². The summed E-state index contributed by atoms with van der Waals surface area (Å²) >= 11 is 0. The number of hydrogen-bond acceptors (Lipinski definition) is 5. The zero-order chi connectivity index (χ0) is 20.1. The largest absolute Gasteiger partial charge is 0.390 e. The van der Waals surface area contributed by atoms with Gasteiger partial charge in [-0.05, 0) is 56.6 Å². The van der Waals surface area contributed by atoms with E-state index >= 15 is 4.39 Å². The number of fused-ring (bicyclic) bond motifs is 4. The first-order valence-electron chi connectivity index (χ1n) is 10.3. The topological polar surface area (TPSA) is 83.8 Å². The molecule has 6 heteroatoms. The minimum atomic E-state index is -1.89. The molecule has 3 saturated carbocycles. The molecule has 0 amide bonds. The van der Waals surface area contributed by atoms with E-state index in [2.05, 4.69) is 0 Å². The summed E-state index contributed by atoms with van der Waals surface area (Å²) in [7, 11) is 0. The van der Waals surface area contributed by atoms with Gasteiger partial charge in [0.2, 0.25) is 0 Å². The van der Waals surface area contributed by atoms with Gasteiger partial charge in [-0.1, -0.05) is 18.6 Å². The molecule has 4 aliphatic carbocycles. The molecule has 4 fully saturated rings. The van der Waals surface area contributed by atoms with Gasteiger partial charge in [-0.3, -0.25) is 9.59 Å². The number of carbonyl (C=O) groups excluding carboxylic acids is 2. The van der Waals surface area contributed by atoms with E-state index in [1.54, 1.807) is 13.0 Å². The molecular weight excluding hydrogens is 363 g/mol. The van der Waals surface area contributed by atoms with Crippen molar-refractivity contribution in [1.82, 2.24) is 0 Å². The van der Waals surface area contributed by atoms with Gasteiger partial charge in [-0.25, -0.2) is 4.39 Å². The fourth-order valence-corrected chi connectivity index (χ4v) is 7.78. The Bertz CT molecular complexity index is 835. The average molecular weight is 390 g/mol. The minimum Gasteiger partial charge on any atom is -0.390 e. The molecule has 0 bridgehead atoms. The van der Waals surface area contributed by atoms with Gasteiger partial charge in [0.25, 0.3) is 0 Å². The van der Waals surface area contributed by atoms with Gasteiger partial charge in [-0.15, -0.1) is 0 Å². The van der Waals surface area contributed by atoms with Crippen LogP contribution in [0.25, 0.3) is 0 Å². The SMILES string of the molecule is C[C@@H]1C[C@H]2[C@@H]3CCC4=CC(=O)C=C[C@]4(C)[C@@]3(F)[C@@H](O)C[C@@]23CO[C@]13C(=O)CO. The Balaban J connectivity index is 1.63. The van der Waals surface area contributed by atoms with Crippen LogP contribution in [0.15, 0.2) is 23.8 Å². The van der Waals surface area contributed by atoms with Crippen LogP contribution in [-0.4, -0.2) is 52.4 Å². The molecule has 152 valence electrons. The number of allylic oxidation sites excluding steroid dienone is 4. The number of hydrogen-bond donors (Lipinski definition) is 2. The quantitative estimate of drug-likeness (QED) is 0.753. The van der Waals surface area contributed by atoms with E-state index in [0.29, 0.717) is 25.9 Å². The lowest BCUT2D eigenvalue weighted by atomic mass is 9.43. The van der Waals surface area contributed by atoms with Crippen LogP contribution in [0, 0.1) is 28.6 Å². The van der Waals surface area contributed by atoms with Gasteiger partial charge in [0.15, 0.2) is 17.2 Å². The zero-order valence-electron chi connectivity index (χ0n) is 16.3. The number of halogens is 1. The lowest BCUT2D eigenvalue weighted by molar-refractivity contribution is -0.309. The summed E-state index contributed by atoms with van der Waals surface area (Å²) in [6.07, 6.45) is 5.25. The summed E-state index contributed by atoms with van der Waals surface area (Å²) in [6.45, 7) is 3.45. The molecule has 0 unspecified atom stereocenters. The highest BCUT2D eigenvalue weighted by Gasteiger charge is 2.81. The van der Waals surface area contributed by atoms with Crippen LogP contribution in [0.3, 0.4) is 0 Å². The highest BCUT2D eigenvalue weighted by atomic mass is 19.1. The molecule has 1 heterocycles. The molecule has 8 atom stereocenters. The molecule has 1 spiro atoms. The van der Waals surface area contributed by atoms with E-state index in [0.717, 1.165) is 5.57 Å². The summed E-state index contributed by atoms with van der Waals surface area (Å²) in [6, 6.07) is 0. The third-order valence-corrected chi connectivity index (χ3v) is 9.02. The van der Waals surface area contributed by atoms with Crippen LogP contribution in [0.1, 0.15) is 39.5 Å². The Hall–Kier alpha value is -1.37. The van der Waals surface area contributed by atoms with Crippen molar-refractivity contribution >= 4 is 11.6 Å². The fourth-order valence-electron chi connectivity index (χ4n) is 7.78. The smallest absolute Gasteiger partial charge is 0.190 e. The van der Waals surface area contributed by atoms with Crippen LogP contribution in [0.2, 0.25) is 0 Å². The minimum absolute atomic E-state index is 0.0930. The Morgan fingerprint density at radius 3 is 2.79 bits per heavy atom. The molecule has 0 aromatic rings. The van der Waals surface area contributed by atoms with E-state index in [4.69, 9.17) is 4.74 Å². The van der Waals surface area contributed by atoms with Crippen LogP contribution >= 0.6 is 0 Å². The molecule has 5 aliphatic rings. The number of aliphatic hydroxyl groups excluding tert-OH is 2. The number of aliphatic hydroxyl groups is 2. The number of ether oxygens (including phenoxy) is 1. The maximum atomic E-state index is 16.9. The Kier molecular flexibility index (Phi) is 3.60. The van der Waals surface area contributed by atoms with Gasteiger partial charge < -0.3 is 14.9 Å². The summed E-state index contributed by atoms with van der Waals surface area (Å²) in [5.74, 6) is -1.13. The first-order valence-corrected chi connectivity index (χ1v) is 10.3. The Morgan fingerprint density at radius 2 is 2.14 bits per heavy atom. The number of ketones is 2. The lowest BCUT2D eigenvalue weighted by Crippen LogP contribution is -2.76. The van der Waals surface area contributed by atoms with Gasteiger partial charge in [0.05, 0.1) is 12.7 Å². The molecule has 1 aliphatic heterocycles. The molecular formula is C22H27FO5. The Morgan fingerprint density at radius 1 is 1.39 bits per heavy atom. The molecule has 5 nitrogen and oxygen atoms in total. The molecule has 0 radical (unpaired) electrons. The zero-order valence-corrected chi connectivity index (χ0v) is 16.3. The summed E-state index contributed by atoms with van der Waals surface area (Å²) in [4.78, 5) is 24.6. The summed E-state index contributed by atoms with van der Waals surface area (Å²) in [5, 5.41) is 20.8. The van der Waals surface area contributed by atoms with Crippen molar-refractivity contribution in [2.75, 3.05) is 13.2 Å². The first kappa shape index (κ1) is 18.6. The highest BCUT2D eigenvalue weighted by Crippen LogP contribution is 2.74. The fraction of sp³-hybridized carbons (Fsp3) is 0.727.